The molecule has 0 aromatic carbocycles. The lowest BCUT2D eigenvalue weighted by molar-refractivity contribution is -0.122. The van der Waals surface area contributed by atoms with Crippen LogP contribution >= 0.6 is 0 Å². The quantitative estimate of drug-likeness (QED) is 0.749. The van der Waals surface area contributed by atoms with Crippen molar-refractivity contribution < 1.29 is 4.79 Å². The van der Waals surface area contributed by atoms with Crippen LogP contribution < -0.4 is 5.32 Å². The Kier molecular flexibility index (Phi) is 2.25. The molecule has 1 aromatic heterocycles. The van der Waals surface area contributed by atoms with Crippen molar-refractivity contribution in [2.45, 2.75) is 19.4 Å². The summed E-state index contributed by atoms with van der Waals surface area (Å²) in [6.45, 7) is 0.600. The molecular weight excluding hydrogens is 164 g/mol. The molecule has 0 aliphatic heterocycles. The van der Waals surface area contributed by atoms with Gasteiger partial charge in [-0.25, -0.2) is 0 Å². The maximum absolute atomic E-state index is 11.2. The number of carbonyl (C=O) groups is 1. The molecule has 0 bridgehead atoms. The molecule has 3 nitrogen and oxygen atoms in total. The van der Waals surface area contributed by atoms with Crippen LogP contribution in [0.15, 0.2) is 24.5 Å². The van der Waals surface area contributed by atoms with E-state index in [2.05, 4.69) is 10.3 Å². The van der Waals surface area contributed by atoms with Crippen LogP contribution in [0.2, 0.25) is 0 Å². The topological polar surface area (TPSA) is 42.0 Å². The predicted molar refractivity (Wildman–Crippen MR) is 48.8 cm³/mol. The summed E-state index contributed by atoms with van der Waals surface area (Å²) in [5.41, 5.74) is 1.05. The lowest BCUT2D eigenvalue weighted by atomic mass is 10.3. The van der Waals surface area contributed by atoms with Gasteiger partial charge in [0, 0.05) is 24.9 Å². The second kappa shape index (κ2) is 3.56. The van der Waals surface area contributed by atoms with E-state index in [0.717, 1.165) is 18.4 Å². The van der Waals surface area contributed by atoms with Crippen LogP contribution in [0, 0.1) is 5.92 Å². The standard InChI is InChI=1S/C10H12N2O/c13-10(9-3-4-9)12-7-8-2-1-5-11-6-8/h1-2,5-6,9H,3-4,7H2,(H,12,13). The molecule has 0 radical (unpaired) electrons. The molecule has 0 saturated heterocycles. The van der Waals surface area contributed by atoms with Gasteiger partial charge in [0.2, 0.25) is 5.91 Å². The van der Waals surface area contributed by atoms with E-state index in [1.807, 2.05) is 12.1 Å². The van der Waals surface area contributed by atoms with Crippen molar-refractivity contribution in [2.75, 3.05) is 0 Å². The first-order valence-corrected chi connectivity index (χ1v) is 4.53. The third-order valence-corrected chi connectivity index (χ3v) is 2.14. The monoisotopic (exact) mass is 176 g/mol. The maximum Gasteiger partial charge on any atom is 0.223 e. The average Bonchev–Trinajstić information content (AvgIpc) is 2.99. The first-order valence-electron chi connectivity index (χ1n) is 4.53. The van der Waals surface area contributed by atoms with Gasteiger partial charge in [-0.3, -0.25) is 9.78 Å². The molecule has 1 aromatic rings. The number of aromatic nitrogens is 1. The summed E-state index contributed by atoms with van der Waals surface area (Å²) in [6.07, 6.45) is 5.61. The van der Waals surface area contributed by atoms with Gasteiger partial charge >= 0.3 is 0 Å². The summed E-state index contributed by atoms with van der Waals surface area (Å²) in [5.74, 6) is 0.473. The predicted octanol–water partition coefficient (Wildman–Crippen LogP) is 1.11. The van der Waals surface area contributed by atoms with Crippen molar-refractivity contribution >= 4 is 5.91 Å². The molecule has 68 valence electrons. The van der Waals surface area contributed by atoms with Gasteiger partial charge in [-0.2, -0.15) is 0 Å². The Hall–Kier alpha value is -1.38. The summed E-state index contributed by atoms with van der Waals surface area (Å²) >= 11 is 0. The number of rotatable bonds is 3. The third kappa shape index (κ3) is 2.28. The largest absolute Gasteiger partial charge is 0.352 e. The summed E-state index contributed by atoms with van der Waals surface area (Å²) < 4.78 is 0. The molecule has 2 rings (SSSR count). The van der Waals surface area contributed by atoms with E-state index >= 15 is 0 Å². The van der Waals surface area contributed by atoms with E-state index < -0.39 is 0 Å². The fourth-order valence-electron chi connectivity index (χ4n) is 1.18. The SMILES string of the molecule is O=C(NCc1cccnc1)C1CC1. The van der Waals surface area contributed by atoms with E-state index in [4.69, 9.17) is 0 Å². The van der Waals surface area contributed by atoms with Crippen LogP contribution in [0.5, 0.6) is 0 Å². The molecule has 1 amide bonds. The first kappa shape index (κ1) is 8.23. The zero-order chi connectivity index (χ0) is 9.10. The van der Waals surface area contributed by atoms with Crippen molar-refractivity contribution in [1.82, 2.24) is 10.3 Å². The molecule has 1 saturated carbocycles. The number of carbonyl (C=O) groups excluding carboxylic acids is 1. The number of hydrogen-bond donors (Lipinski definition) is 1. The van der Waals surface area contributed by atoms with Crippen LogP contribution in [0.1, 0.15) is 18.4 Å². The lowest BCUT2D eigenvalue weighted by Crippen LogP contribution is -2.24. The number of nitrogens with one attached hydrogen (secondary N) is 1. The number of nitrogens with zero attached hydrogens (tertiary/aromatic N) is 1. The average molecular weight is 176 g/mol. The number of amides is 1. The second-order valence-corrected chi connectivity index (χ2v) is 3.35. The molecule has 13 heavy (non-hydrogen) atoms. The van der Waals surface area contributed by atoms with Crippen LogP contribution in [0.4, 0.5) is 0 Å². The first-order chi connectivity index (χ1) is 6.36. The van der Waals surface area contributed by atoms with Crippen molar-refractivity contribution in [2.24, 2.45) is 5.92 Å². The Bertz CT molecular complexity index is 293. The second-order valence-electron chi connectivity index (χ2n) is 3.35. The highest BCUT2D eigenvalue weighted by molar-refractivity contribution is 5.80. The lowest BCUT2D eigenvalue weighted by Gasteiger charge is -2.02. The van der Waals surface area contributed by atoms with Crippen molar-refractivity contribution in [3.8, 4) is 0 Å². The Morgan fingerprint density at radius 2 is 2.46 bits per heavy atom. The van der Waals surface area contributed by atoms with Crippen LogP contribution in [-0.2, 0) is 11.3 Å². The van der Waals surface area contributed by atoms with Gasteiger partial charge in [-0.05, 0) is 24.5 Å². The minimum Gasteiger partial charge on any atom is -0.352 e. The molecular formula is C10H12N2O. The highest BCUT2D eigenvalue weighted by atomic mass is 16.2. The van der Waals surface area contributed by atoms with E-state index in [-0.39, 0.29) is 11.8 Å². The van der Waals surface area contributed by atoms with E-state index in [1.165, 1.54) is 0 Å². The Balaban J connectivity index is 1.82. The van der Waals surface area contributed by atoms with Crippen molar-refractivity contribution in [3.63, 3.8) is 0 Å². The highest BCUT2D eigenvalue weighted by Gasteiger charge is 2.29. The molecule has 0 atom stereocenters. The molecule has 0 spiro atoms. The molecule has 0 unspecified atom stereocenters. The van der Waals surface area contributed by atoms with Gasteiger partial charge in [-0.15, -0.1) is 0 Å². The fraction of sp³-hybridized carbons (Fsp3) is 0.400. The normalized spacial score (nSPS) is 15.4. The summed E-state index contributed by atoms with van der Waals surface area (Å²) in [4.78, 5) is 15.2. The third-order valence-electron chi connectivity index (χ3n) is 2.14. The van der Waals surface area contributed by atoms with Crippen molar-refractivity contribution in [1.29, 1.82) is 0 Å². The summed E-state index contributed by atoms with van der Waals surface area (Å²) in [5, 5.41) is 2.88. The van der Waals surface area contributed by atoms with Crippen LogP contribution in [-0.4, -0.2) is 10.9 Å². The van der Waals surface area contributed by atoms with Gasteiger partial charge in [0.05, 0.1) is 0 Å². The zero-order valence-corrected chi connectivity index (χ0v) is 7.36. The zero-order valence-electron chi connectivity index (χ0n) is 7.36. The van der Waals surface area contributed by atoms with Gasteiger partial charge in [0.15, 0.2) is 0 Å². The summed E-state index contributed by atoms with van der Waals surface area (Å²) in [7, 11) is 0. The molecule has 1 heterocycles. The maximum atomic E-state index is 11.2. The molecule has 1 aliphatic carbocycles. The number of pyridine rings is 1. The Morgan fingerprint density at radius 3 is 3.08 bits per heavy atom. The van der Waals surface area contributed by atoms with Gasteiger partial charge in [0.1, 0.15) is 0 Å². The minimum absolute atomic E-state index is 0.184. The number of hydrogen-bond acceptors (Lipinski definition) is 2. The summed E-state index contributed by atoms with van der Waals surface area (Å²) in [6, 6.07) is 3.83. The van der Waals surface area contributed by atoms with Crippen molar-refractivity contribution in [3.05, 3.63) is 30.1 Å². The van der Waals surface area contributed by atoms with Crippen LogP contribution in [0.25, 0.3) is 0 Å². The Labute approximate surface area is 77.2 Å². The molecule has 1 N–H and O–H groups in total. The fourth-order valence-corrected chi connectivity index (χ4v) is 1.18. The molecule has 1 fully saturated rings. The van der Waals surface area contributed by atoms with Gasteiger partial charge in [-0.1, -0.05) is 6.07 Å². The van der Waals surface area contributed by atoms with Crippen LogP contribution in [0.3, 0.4) is 0 Å². The molecule has 1 aliphatic rings. The van der Waals surface area contributed by atoms with Gasteiger partial charge in [0.25, 0.3) is 0 Å². The molecule has 3 heteroatoms. The smallest absolute Gasteiger partial charge is 0.223 e. The van der Waals surface area contributed by atoms with E-state index in [0.29, 0.717) is 6.54 Å². The highest BCUT2D eigenvalue weighted by Crippen LogP contribution is 2.28. The van der Waals surface area contributed by atoms with E-state index in [1.54, 1.807) is 12.4 Å². The Morgan fingerprint density at radius 1 is 1.62 bits per heavy atom. The van der Waals surface area contributed by atoms with Gasteiger partial charge < -0.3 is 5.32 Å². The van der Waals surface area contributed by atoms with E-state index in [9.17, 15) is 4.79 Å². The minimum atomic E-state index is 0.184.